The summed E-state index contributed by atoms with van der Waals surface area (Å²) in [6, 6.07) is 8.42. The Morgan fingerprint density at radius 3 is 2.62 bits per heavy atom. The molecule has 13 heavy (non-hydrogen) atoms. The molecule has 0 aliphatic carbocycles. The van der Waals surface area contributed by atoms with E-state index < -0.39 is 0 Å². The molecule has 2 heteroatoms. The fraction of sp³-hybridized carbons (Fsp3) is 0.364. The molecule has 1 N–H and O–H groups in total. The molecule has 0 spiro atoms. The fourth-order valence-corrected chi connectivity index (χ4v) is 1.25. The van der Waals surface area contributed by atoms with Crippen LogP contribution >= 0.6 is 0 Å². The molecule has 1 aromatic carbocycles. The molecule has 0 saturated heterocycles. The van der Waals surface area contributed by atoms with Gasteiger partial charge in [0.1, 0.15) is 0 Å². The van der Waals surface area contributed by atoms with Crippen LogP contribution < -0.4 is 5.32 Å². The predicted octanol–water partition coefficient (Wildman–Crippen LogP) is 2.15. The van der Waals surface area contributed by atoms with Crippen LogP contribution in [0.25, 0.3) is 0 Å². The normalized spacial score (nSPS) is 12.2. The highest BCUT2D eigenvalue weighted by atomic mass is 14.8. The van der Waals surface area contributed by atoms with Gasteiger partial charge < -0.3 is 5.32 Å². The van der Waals surface area contributed by atoms with E-state index in [1.807, 2.05) is 26.1 Å². The summed E-state index contributed by atoms with van der Waals surface area (Å²) < 4.78 is 0. The summed E-state index contributed by atoms with van der Waals surface area (Å²) in [5.41, 5.74) is 3.02. The standard InChI is InChI=1S/C11H14N2/c1-8-6-10(9(2)13-3)4-5-11(8)7-12/h4-6,9,13H,1-3H3/t9-/m1/s1. The fourth-order valence-electron chi connectivity index (χ4n) is 1.25. The predicted molar refractivity (Wildman–Crippen MR) is 53.4 cm³/mol. The van der Waals surface area contributed by atoms with Gasteiger partial charge in [0.25, 0.3) is 0 Å². The first-order chi connectivity index (χ1) is 6.19. The van der Waals surface area contributed by atoms with Gasteiger partial charge in [0, 0.05) is 6.04 Å². The molecule has 1 rings (SSSR count). The minimum absolute atomic E-state index is 0.339. The third-order valence-electron chi connectivity index (χ3n) is 2.30. The first-order valence-electron chi connectivity index (χ1n) is 4.37. The Hall–Kier alpha value is -1.33. The Bertz CT molecular complexity index is 336. The van der Waals surface area contributed by atoms with Crippen molar-refractivity contribution in [2.75, 3.05) is 7.05 Å². The average molecular weight is 174 g/mol. The number of nitrogens with one attached hydrogen (secondary N) is 1. The van der Waals surface area contributed by atoms with Crippen LogP contribution in [0.15, 0.2) is 18.2 Å². The van der Waals surface area contributed by atoms with Gasteiger partial charge in [0.05, 0.1) is 11.6 Å². The Balaban J connectivity index is 3.04. The van der Waals surface area contributed by atoms with Gasteiger partial charge >= 0.3 is 0 Å². The van der Waals surface area contributed by atoms with E-state index in [4.69, 9.17) is 5.26 Å². The van der Waals surface area contributed by atoms with Crippen molar-refractivity contribution in [3.05, 3.63) is 34.9 Å². The van der Waals surface area contributed by atoms with Crippen LogP contribution in [-0.4, -0.2) is 7.05 Å². The lowest BCUT2D eigenvalue weighted by Gasteiger charge is -2.11. The van der Waals surface area contributed by atoms with Crippen molar-refractivity contribution in [1.82, 2.24) is 5.32 Å². The summed E-state index contributed by atoms with van der Waals surface area (Å²) in [6.45, 7) is 4.06. The molecule has 2 nitrogen and oxygen atoms in total. The molecule has 0 heterocycles. The highest BCUT2D eigenvalue weighted by Crippen LogP contribution is 2.15. The maximum Gasteiger partial charge on any atom is 0.0994 e. The lowest BCUT2D eigenvalue weighted by molar-refractivity contribution is 0.652. The SMILES string of the molecule is CN[C@H](C)c1ccc(C#N)c(C)c1. The van der Waals surface area contributed by atoms with Crippen LogP contribution in [-0.2, 0) is 0 Å². The maximum absolute atomic E-state index is 8.74. The summed E-state index contributed by atoms with van der Waals surface area (Å²) in [5, 5.41) is 11.9. The summed E-state index contributed by atoms with van der Waals surface area (Å²) in [5.74, 6) is 0. The average Bonchev–Trinajstić information content (AvgIpc) is 2.16. The summed E-state index contributed by atoms with van der Waals surface area (Å²) in [7, 11) is 1.93. The molecule has 0 radical (unpaired) electrons. The van der Waals surface area contributed by atoms with Gasteiger partial charge in [0.15, 0.2) is 0 Å². The molecule has 0 aromatic heterocycles. The van der Waals surface area contributed by atoms with E-state index >= 15 is 0 Å². The van der Waals surface area contributed by atoms with Crippen molar-refractivity contribution in [2.45, 2.75) is 19.9 Å². The molecule has 68 valence electrons. The summed E-state index contributed by atoms with van der Waals surface area (Å²) in [4.78, 5) is 0. The lowest BCUT2D eigenvalue weighted by atomic mass is 10.0. The number of nitriles is 1. The molecule has 0 amide bonds. The molecule has 0 fully saturated rings. The molecule has 0 aliphatic rings. The van der Waals surface area contributed by atoms with Crippen LogP contribution in [0.1, 0.15) is 29.7 Å². The number of benzene rings is 1. The zero-order valence-electron chi connectivity index (χ0n) is 8.26. The van der Waals surface area contributed by atoms with Gasteiger partial charge in [0.2, 0.25) is 0 Å². The van der Waals surface area contributed by atoms with Crippen molar-refractivity contribution < 1.29 is 0 Å². The molecule has 1 aromatic rings. The molecule has 0 unspecified atom stereocenters. The van der Waals surface area contributed by atoms with Crippen molar-refractivity contribution in [3.63, 3.8) is 0 Å². The van der Waals surface area contributed by atoms with Gasteiger partial charge in [-0.05, 0) is 38.1 Å². The smallest absolute Gasteiger partial charge is 0.0994 e. The number of hydrogen-bond acceptors (Lipinski definition) is 2. The second-order valence-electron chi connectivity index (χ2n) is 3.20. The van der Waals surface area contributed by atoms with Gasteiger partial charge in [-0.1, -0.05) is 12.1 Å². The largest absolute Gasteiger partial charge is 0.313 e. The van der Waals surface area contributed by atoms with Gasteiger partial charge in [-0.2, -0.15) is 5.26 Å². The zero-order chi connectivity index (χ0) is 9.84. The van der Waals surface area contributed by atoms with Crippen LogP contribution in [0.2, 0.25) is 0 Å². The number of nitrogens with zero attached hydrogens (tertiary/aromatic N) is 1. The zero-order valence-corrected chi connectivity index (χ0v) is 8.26. The van der Waals surface area contributed by atoms with Gasteiger partial charge in [-0.25, -0.2) is 0 Å². The number of rotatable bonds is 2. The highest BCUT2D eigenvalue weighted by molar-refractivity contribution is 5.40. The van der Waals surface area contributed by atoms with E-state index in [9.17, 15) is 0 Å². The second kappa shape index (κ2) is 4.06. The minimum Gasteiger partial charge on any atom is -0.313 e. The molecule has 0 aliphatic heterocycles. The molecular weight excluding hydrogens is 160 g/mol. The number of hydrogen-bond donors (Lipinski definition) is 1. The monoisotopic (exact) mass is 174 g/mol. The Kier molecular flexibility index (Phi) is 3.05. The molecule has 0 bridgehead atoms. The maximum atomic E-state index is 8.74. The number of aryl methyl sites for hydroxylation is 1. The highest BCUT2D eigenvalue weighted by Gasteiger charge is 2.04. The molecule has 1 atom stereocenters. The van der Waals surface area contributed by atoms with Gasteiger partial charge in [-0.15, -0.1) is 0 Å². The first-order valence-corrected chi connectivity index (χ1v) is 4.37. The van der Waals surface area contributed by atoms with E-state index in [1.165, 1.54) is 5.56 Å². The third kappa shape index (κ3) is 2.07. The van der Waals surface area contributed by atoms with Crippen LogP contribution in [0.4, 0.5) is 0 Å². The summed E-state index contributed by atoms with van der Waals surface area (Å²) in [6.07, 6.45) is 0. The van der Waals surface area contributed by atoms with Gasteiger partial charge in [-0.3, -0.25) is 0 Å². The molecule has 0 saturated carbocycles. The molecular formula is C11H14N2. The van der Waals surface area contributed by atoms with Crippen molar-refractivity contribution >= 4 is 0 Å². The second-order valence-corrected chi connectivity index (χ2v) is 3.20. The first kappa shape index (κ1) is 9.76. The quantitative estimate of drug-likeness (QED) is 0.745. The van der Waals surface area contributed by atoms with Crippen LogP contribution in [0.3, 0.4) is 0 Å². The van der Waals surface area contributed by atoms with Crippen LogP contribution in [0, 0.1) is 18.3 Å². The van der Waals surface area contributed by atoms with Crippen LogP contribution in [0.5, 0.6) is 0 Å². The van der Waals surface area contributed by atoms with Crippen molar-refractivity contribution in [3.8, 4) is 6.07 Å². The van der Waals surface area contributed by atoms with Crippen molar-refractivity contribution in [2.24, 2.45) is 0 Å². The summed E-state index contributed by atoms with van der Waals surface area (Å²) >= 11 is 0. The Morgan fingerprint density at radius 1 is 1.46 bits per heavy atom. The lowest BCUT2D eigenvalue weighted by Crippen LogP contribution is -2.12. The Labute approximate surface area is 79.2 Å². The van der Waals surface area contributed by atoms with E-state index in [0.29, 0.717) is 6.04 Å². The minimum atomic E-state index is 0.339. The Morgan fingerprint density at radius 2 is 2.15 bits per heavy atom. The van der Waals surface area contributed by atoms with E-state index in [-0.39, 0.29) is 0 Å². The van der Waals surface area contributed by atoms with E-state index in [2.05, 4.69) is 24.4 Å². The van der Waals surface area contributed by atoms with Crippen molar-refractivity contribution in [1.29, 1.82) is 5.26 Å². The van der Waals surface area contributed by atoms with E-state index in [0.717, 1.165) is 11.1 Å². The van der Waals surface area contributed by atoms with E-state index in [1.54, 1.807) is 0 Å². The third-order valence-corrected chi connectivity index (χ3v) is 2.30. The topological polar surface area (TPSA) is 35.8 Å².